The van der Waals surface area contributed by atoms with Crippen molar-refractivity contribution in [2.24, 2.45) is 0 Å². The molecule has 0 N–H and O–H groups in total. The maximum atomic E-state index is 12.7. The van der Waals surface area contributed by atoms with Crippen LogP contribution in [-0.2, 0) is 0 Å². The molecule has 2 aromatic heterocycles. The van der Waals surface area contributed by atoms with Gasteiger partial charge < -0.3 is 13.8 Å². The number of carbonyl (C=O) groups excluding carboxylic acids is 1. The molecule has 0 saturated carbocycles. The summed E-state index contributed by atoms with van der Waals surface area (Å²) in [5.74, 6) is 1.87. The number of amides is 1. The molecule has 1 fully saturated rings. The van der Waals surface area contributed by atoms with Gasteiger partial charge in [-0.2, -0.15) is 4.98 Å². The zero-order chi connectivity index (χ0) is 16.7. The minimum absolute atomic E-state index is 0.0671. The van der Waals surface area contributed by atoms with Crippen molar-refractivity contribution < 1.29 is 13.7 Å². The Hall–Kier alpha value is -2.15. The molecular weight excluding hydrogens is 374 g/mol. The van der Waals surface area contributed by atoms with Crippen LogP contribution in [0.4, 0.5) is 0 Å². The van der Waals surface area contributed by atoms with Crippen LogP contribution in [0, 0.1) is 6.92 Å². The topological polar surface area (TPSA) is 72.4 Å². The minimum Gasteiger partial charge on any atom is -0.451 e. The standard InChI is InChI=1S/C17H16BrN3O3/c1-10-19-16(24-20-10)11-4-6-21(7-5-11)17(22)15-9-12-8-13(18)2-3-14(12)23-15/h2-3,8-9,11H,4-7H2,1H3. The first-order valence-corrected chi connectivity index (χ1v) is 8.68. The zero-order valence-corrected chi connectivity index (χ0v) is 14.7. The second-order valence-electron chi connectivity index (χ2n) is 6.04. The summed E-state index contributed by atoms with van der Waals surface area (Å²) in [5, 5.41) is 4.76. The summed E-state index contributed by atoms with van der Waals surface area (Å²) in [7, 11) is 0. The summed E-state index contributed by atoms with van der Waals surface area (Å²) in [4.78, 5) is 18.8. The molecule has 1 aromatic carbocycles. The van der Waals surface area contributed by atoms with Crippen LogP contribution in [0.15, 0.2) is 37.7 Å². The first-order chi connectivity index (χ1) is 11.6. The van der Waals surface area contributed by atoms with Crippen LogP contribution in [0.5, 0.6) is 0 Å². The van der Waals surface area contributed by atoms with Gasteiger partial charge in [0, 0.05) is 28.9 Å². The third-order valence-corrected chi connectivity index (χ3v) is 4.86. The molecule has 1 amide bonds. The van der Waals surface area contributed by atoms with Crippen LogP contribution in [0.25, 0.3) is 11.0 Å². The number of hydrogen-bond donors (Lipinski definition) is 0. The van der Waals surface area contributed by atoms with Gasteiger partial charge >= 0.3 is 0 Å². The monoisotopic (exact) mass is 389 g/mol. The van der Waals surface area contributed by atoms with Gasteiger partial charge in [0.25, 0.3) is 5.91 Å². The van der Waals surface area contributed by atoms with Crippen LogP contribution < -0.4 is 0 Å². The lowest BCUT2D eigenvalue weighted by Crippen LogP contribution is -2.37. The Morgan fingerprint density at radius 3 is 2.79 bits per heavy atom. The lowest BCUT2D eigenvalue weighted by molar-refractivity contribution is 0.0675. The fraction of sp³-hybridized carbons (Fsp3) is 0.353. The molecule has 124 valence electrons. The lowest BCUT2D eigenvalue weighted by atomic mass is 9.96. The van der Waals surface area contributed by atoms with Gasteiger partial charge in [0.05, 0.1) is 0 Å². The van der Waals surface area contributed by atoms with Gasteiger partial charge in [-0.25, -0.2) is 0 Å². The number of aryl methyl sites for hydroxylation is 1. The maximum Gasteiger partial charge on any atom is 0.289 e. The van der Waals surface area contributed by atoms with Crippen molar-refractivity contribution in [3.05, 3.63) is 46.2 Å². The quantitative estimate of drug-likeness (QED) is 0.664. The average Bonchev–Trinajstić information content (AvgIpc) is 3.20. The summed E-state index contributed by atoms with van der Waals surface area (Å²) in [6, 6.07) is 7.51. The second kappa shape index (κ2) is 6.05. The molecule has 1 aliphatic heterocycles. The summed E-state index contributed by atoms with van der Waals surface area (Å²) in [5.41, 5.74) is 0.720. The van der Waals surface area contributed by atoms with Gasteiger partial charge in [0.15, 0.2) is 11.6 Å². The maximum absolute atomic E-state index is 12.7. The van der Waals surface area contributed by atoms with E-state index in [1.165, 1.54) is 0 Å². The molecule has 0 radical (unpaired) electrons. The number of benzene rings is 1. The first-order valence-electron chi connectivity index (χ1n) is 7.89. The number of rotatable bonds is 2. The van der Waals surface area contributed by atoms with Gasteiger partial charge in [0.1, 0.15) is 5.58 Å². The number of aromatic nitrogens is 2. The van der Waals surface area contributed by atoms with E-state index in [1.807, 2.05) is 30.0 Å². The van der Waals surface area contributed by atoms with Crippen LogP contribution in [0.3, 0.4) is 0 Å². The Balaban J connectivity index is 1.47. The molecule has 0 spiro atoms. The molecule has 0 unspecified atom stereocenters. The van der Waals surface area contributed by atoms with Crippen molar-refractivity contribution in [1.29, 1.82) is 0 Å². The van der Waals surface area contributed by atoms with E-state index in [4.69, 9.17) is 8.94 Å². The number of hydrogen-bond acceptors (Lipinski definition) is 5. The highest BCUT2D eigenvalue weighted by Gasteiger charge is 2.29. The molecule has 7 heteroatoms. The highest BCUT2D eigenvalue weighted by molar-refractivity contribution is 9.10. The van der Waals surface area contributed by atoms with E-state index in [0.717, 1.165) is 28.3 Å². The zero-order valence-electron chi connectivity index (χ0n) is 13.2. The number of piperidine rings is 1. The molecular formula is C17H16BrN3O3. The summed E-state index contributed by atoms with van der Waals surface area (Å²) >= 11 is 3.43. The molecule has 4 rings (SSSR count). The summed E-state index contributed by atoms with van der Waals surface area (Å²) in [6.45, 7) is 3.13. The fourth-order valence-corrected chi connectivity index (χ4v) is 3.46. The Morgan fingerprint density at radius 2 is 2.08 bits per heavy atom. The van der Waals surface area contributed by atoms with E-state index in [9.17, 15) is 4.79 Å². The van der Waals surface area contributed by atoms with E-state index in [0.29, 0.717) is 30.6 Å². The van der Waals surface area contributed by atoms with E-state index in [2.05, 4.69) is 26.1 Å². The van der Waals surface area contributed by atoms with Crippen molar-refractivity contribution in [1.82, 2.24) is 15.0 Å². The third kappa shape index (κ3) is 2.84. The third-order valence-electron chi connectivity index (χ3n) is 4.36. The summed E-state index contributed by atoms with van der Waals surface area (Å²) in [6.07, 6.45) is 1.64. The van der Waals surface area contributed by atoms with Crippen molar-refractivity contribution >= 4 is 32.8 Å². The van der Waals surface area contributed by atoms with Crippen LogP contribution in [0.2, 0.25) is 0 Å². The van der Waals surface area contributed by atoms with Crippen molar-refractivity contribution in [2.45, 2.75) is 25.7 Å². The van der Waals surface area contributed by atoms with Gasteiger partial charge in [-0.15, -0.1) is 0 Å². The number of halogens is 1. The van der Waals surface area contributed by atoms with E-state index in [1.54, 1.807) is 6.07 Å². The highest BCUT2D eigenvalue weighted by atomic mass is 79.9. The van der Waals surface area contributed by atoms with Gasteiger partial charge in [-0.05, 0) is 44.0 Å². The van der Waals surface area contributed by atoms with Crippen LogP contribution in [-0.4, -0.2) is 34.0 Å². The predicted octanol–water partition coefficient (Wildman–Crippen LogP) is 3.91. The average molecular weight is 390 g/mol. The molecule has 3 heterocycles. The second-order valence-corrected chi connectivity index (χ2v) is 6.95. The number of likely N-dealkylation sites (tertiary alicyclic amines) is 1. The molecule has 1 aliphatic rings. The predicted molar refractivity (Wildman–Crippen MR) is 90.8 cm³/mol. The van der Waals surface area contributed by atoms with E-state index in [-0.39, 0.29) is 11.8 Å². The normalized spacial score (nSPS) is 16.0. The Morgan fingerprint density at radius 1 is 1.29 bits per heavy atom. The molecule has 0 bridgehead atoms. The number of carbonyl (C=O) groups is 1. The molecule has 6 nitrogen and oxygen atoms in total. The number of furan rings is 1. The molecule has 24 heavy (non-hydrogen) atoms. The largest absolute Gasteiger partial charge is 0.451 e. The first kappa shape index (κ1) is 15.4. The molecule has 0 aliphatic carbocycles. The Labute approximate surface area is 146 Å². The molecule has 1 saturated heterocycles. The molecule has 0 atom stereocenters. The molecule has 3 aromatic rings. The Bertz CT molecular complexity index is 894. The SMILES string of the molecule is Cc1noc(C2CCN(C(=O)c3cc4cc(Br)ccc4o3)CC2)n1. The van der Waals surface area contributed by atoms with Gasteiger partial charge in [-0.1, -0.05) is 21.1 Å². The van der Waals surface area contributed by atoms with Crippen molar-refractivity contribution in [3.63, 3.8) is 0 Å². The van der Waals surface area contributed by atoms with Gasteiger partial charge in [0.2, 0.25) is 5.89 Å². The highest BCUT2D eigenvalue weighted by Crippen LogP contribution is 2.29. The van der Waals surface area contributed by atoms with Crippen LogP contribution in [0.1, 0.15) is 41.0 Å². The van der Waals surface area contributed by atoms with Gasteiger partial charge in [-0.3, -0.25) is 4.79 Å². The Kier molecular flexibility index (Phi) is 3.88. The van der Waals surface area contributed by atoms with E-state index < -0.39 is 0 Å². The lowest BCUT2D eigenvalue weighted by Gasteiger charge is -2.29. The minimum atomic E-state index is -0.0671. The van der Waals surface area contributed by atoms with Crippen molar-refractivity contribution in [2.75, 3.05) is 13.1 Å². The number of fused-ring (bicyclic) bond motifs is 1. The smallest absolute Gasteiger partial charge is 0.289 e. The number of nitrogens with zero attached hydrogens (tertiary/aromatic N) is 3. The summed E-state index contributed by atoms with van der Waals surface area (Å²) < 4.78 is 11.9. The van der Waals surface area contributed by atoms with Crippen LogP contribution >= 0.6 is 15.9 Å². The van der Waals surface area contributed by atoms with Crippen molar-refractivity contribution in [3.8, 4) is 0 Å². The fourth-order valence-electron chi connectivity index (χ4n) is 3.08. The van der Waals surface area contributed by atoms with E-state index >= 15 is 0 Å².